The fourth-order valence-electron chi connectivity index (χ4n) is 2.12. The lowest BCUT2D eigenvalue weighted by molar-refractivity contribution is -0.305. The molecule has 6 nitrogen and oxygen atoms in total. The second kappa shape index (κ2) is 11.1. The van der Waals surface area contributed by atoms with Crippen LogP contribution in [0.1, 0.15) is 65.2 Å². The van der Waals surface area contributed by atoms with Crippen molar-refractivity contribution in [3.8, 4) is 0 Å². The van der Waals surface area contributed by atoms with E-state index in [0.29, 0.717) is 5.17 Å². The largest absolute Gasteiger partial charge is 0.550 e. The zero-order valence-corrected chi connectivity index (χ0v) is 14.7. The van der Waals surface area contributed by atoms with E-state index in [1.807, 2.05) is 0 Å². The molecule has 0 radical (unpaired) electrons. The summed E-state index contributed by atoms with van der Waals surface area (Å²) in [6, 6.07) is 0. The smallest absolute Gasteiger partial charge is 0.239 e. The highest BCUT2D eigenvalue weighted by atomic mass is 32.2. The number of nitrogens with zero attached hydrogens (tertiary/aromatic N) is 1. The van der Waals surface area contributed by atoms with Gasteiger partial charge in [0.1, 0.15) is 0 Å². The third kappa shape index (κ3) is 8.06. The summed E-state index contributed by atoms with van der Waals surface area (Å²) in [5.74, 6) is -1.56. The van der Waals surface area contributed by atoms with Crippen molar-refractivity contribution >= 4 is 28.8 Å². The number of carboxylic acids is 1. The summed E-state index contributed by atoms with van der Waals surface area (Å²) in [5.41, 5.74) is 4.08. The molecule has 2 N–H and O–H groups in total. The molecule has 0 aromatic heterocycles. The number of carboxylic acid groups (broad SMARTS) is 1. The average molecular weight is 340 g/mol. The fraction of sp³-hybridized carbons (Fsp3) is 0.688. The van der Waals surface area contributed by atoms with Gasteiger partial charge in [-0.1, -0.05) is 57.4 Å². The number of unbranched alkanes of at least 4 members (excludes halogenated alkanes) is 4. The van der Waals surface area contributed by atoms with Crippen LogP contribution in [-0.2, 0) is 9.59 Å². The van der Waals surface area contributed by atoms with Crippen LogP contribution in [0.15, 0.2) is 16.9 Å². The standard InChI is InChI=1S/C16H27N3O3S/c1-3-5-7-9-12(10-8-6-4-2)18-19-16-17-15(22)13(23-16)11-14(20)21/h9,13,18H,3-8,10-11H2,1-2H3,(H,20,21)(H,17,19,22)/p-1. The Morgan fingerprint density at radius 3 is 2.74 bits per heavy atom. The van der Waals surface area contributed by atoms with E-state index < -0.39 is 11.2 Å². The SMILES string of the molecule is CCCCC=C(CCCCC)N/N=C1/NC(=O)C(CC(=O)[O-])S1. The number of hydrogen-bond acceptors (Lipinski definition) is 6. The van der Waals surface area contributed by atoms with Gasteiger partial charge in [-0.2, -0.15) is 5.10 Å². The van der Waals surface area contributed by atoms with Crippen LogP contribution in [0, 0.1) is 0 Å². The van der Waals surface area contributed by atoms with Crippen molar-refractivity contribution in [1.82, 2.24) is 10.7 Å². The molecule has 1 fully saturated rings. The van der Waals surface area contributed by atoms with Crippen molar-refractivity contribution in [2.45, 2.75) is 70.5 Å². The van der Waals surface area contributed by atoms with E-state index in [1.54, 1.807) is 0 Å². The molecule has 1 aliphatic heterocycles. The minimum atomic E-state index is -1.23. The van der Waals surface area contributed by atoms with Crippen LogP contribution in [0.3, 0.4) is 0 Å². The molecule has 1 atom stereocenters. The first-order chi connectivity index (χ1) is 11.1. The molecule has 1 aliphatic rings. The van der Waals surface area contributed by atoms with Gasteiger partial charge in [0.25, 0.3) is 0 Å². The monoisotopic (exact) mass is 340 g/mol. The zero-order chi connectivity index (χ0) is 17.1. The van der Waals surface area contributed by atoms with Crippen molar-refractivity contribution in [2.24, 2.45) is 5.10 Å². The van der Waals surface area contributed by atoms with Crippen LogP contribution in [-0.4, -0.2) is 22.3 Å². The lowest BCUT2D eigenvalue weighted by Gasteiger charge is -2.08. The van der Waals surface area contributed by atoms with Crippen molar-refractivity contribution in [3.63, 3.8) is 0 Å². The highest BCUT2D eigenvalue weighted by Crippen LogP contribution is 2.21. The second-order valence-corrected chi connectivity index (χ2v) is 6.72. The van der Waals surface area contributed by atoms with Gasteiger partial charge >= 0.3 is 0 Å². The summed E-state index contributed by atoms with van der Waals surface area (Å²) in [5, 5.41) is 17.2. The number of hydrazone groups is 1. The zero-order valence-electron chi connectivity index (χ0n) is 13.9. The Balaban J connectivity index is 2.56. The van der Waals surface area contributed by atoms with Crippen LogP contribution in [0.5, 0.6) is 0 Å². The fourth-order valence-corrected chi connectivity index (χ4v) is 3.03. The summed E-state index contributed by atoms with van der Waals surface area (Å²) < 4.78 is 0. The molecule has 7 heteroatoms. The predicted molar refractivity (Wildman–Crippen MR) is 91.5 cm³/mol. The van der Waals surface area contributed by atoms with Crippen LogP contribution in [0.2, 0.25) is 0 Å². The topological polar surface area (TPSA) is 93.6 Å². The molecule has 130 valence electrons. The number of aliphatic carboxylic acids is 1. The first-order valence-electron chi connectivity index (χ1n) is 8.26. The number of amides is 1. The van der Waals surface area contributed by atoms with Gasteiger partial charge < -0.3 is 15.2 Å². The maximum absolute atomic E-state index is 11.6. The summed E-state index contributed by atoms with van der Waals surface area (Å²) in [6.07, 6.45) is 9.49. The molecular formula is C16H26N3O3S-. The molecule has 1 unspecified atom stereocenters. The van der Waals surface area contributed by atoms with Gasteiger partial charge in [-0.25, -0.2) is 0 Å². The molecule has 1 heterocycles. The maximum atomic E-state index is 11.6. The van der Waals surface area contributed by atoms with E-state index in [9.17, 15) is 14.7 Å². The average Bonchev–Trinajstić information content (AvgIpc) is 2.84. The van der Waals surface area contributed by atoms with Crippen molar-refractivity contribution in [3.05, 3.63) is 11.8 Å². The molecule has 23 heavy (non-hydrogen) atoms. The van der Waals surface area contributed by atoms with Crippen molar-refractivity contribution < 1.29 is 14.7 Å². The molecule has 0 aromatic carbocycles. The number of amidine groups is 1. The van der Waals surface area contributed by atoms with Crippen LogP contribution in [0.4, 0.5) is 0 Å². The minimum Gasteiger partial charge on any atom is -0.550 e. The number of rotatable bonds is 11. The summed E-state index contributed by atoms with van der Waals surface area (Å²) in [7, 11) is 0. The Kier molecular flexibility index (Phi) is 9.43. The Morgan fingerprint density at radius 2 is 2.09 bits per heavy atom. The maximum Gasteiger partial charge on any atom is 0.239 e. The lowest BCUT2D eigenvalue weighted by atomic mass is 10.1. The molecule has 0 aliphatic carbocycles. The number of allylic oxidation sites excluding steroid dienone is 2. The summed E-state index contributed by atoms with van der Waals surface area (Å²) in [4.78, 5) is 22.2. The van der Waals surface area contributed by atoms with E-state index in [-0.39, 0.29) is 12.3 Å². The van der Waals surface area contributed by atoms with Gasteiger partial charge in [-0.15, -0.1) is 0 Å². The molecule has 0 saturated carbocycles. The molecule has 1 saturated heterocycles. The van der Waals surface area contributed by atoms with Gasteiger partial charge in [-0.05, 0) is 19.3 Å². The van der Waals surface area contributed by atoms with E-state index >= 15 is 0 Å². The first-order valence-corrected chi connectivity index (χ1v) is 9.14. The molecular weight excluding hydrogens is 314 g/mol. The predicted octanol–water partition coefficient (Wildman–Crippen LogP) is 1.87. The normalized spacial score (nSPS) is 19.9. The van der Waals surface area contributed by atoms with Crippen LogP contribution in [0.25, 0.3) is 0 Å². The van der Waals surface area contributed by atoms with Crippen molar-refractivity contribution in [1.29, 1.82) is 0 Å². The third-order valence-electron chi connectivity index (χ3n) is 3.43. The number of thioether (sulfide) groups is 1. The van der Waals surface area contributed by atoms with Crippen LogP contribution < -0.4 is 15.8 Å². The van der Waals surface area contributed by atoms with Gasteiger partial charge in [0.05, 0.1) is 5.25 Å². The van der Waals surface area contributed by atoms with Gasteiger partial charge in [0.15, 0.2) is 5.17 Å². The number of nitrogens with one attached hydrogen (secondary N) is 2. The Labute approximate surface area is 142 Å². The second-order valence-electron chi connectivity index (χ2n) is 5.53. The van der Waals surface area contributed by atoms with Gasteiger partial charge in [-0.3, -0.25) is 10.2 Å². The van der Waals surface area contributed by atoms with Crippen LogP contribution >= 0.6 is 11.8 Å². The highest BCUT2D eigenvalue weighted by molar-refractivity contribution is 8.15. The molecule has 0 aromatic rings. The number of hydrogen-bond donors (Lipinski definition) is 2. The lowest BCUT2D eigenvalue weighted by Crippen LogP contribution is -2.31. The third-order valence-corrected chi connectivity index (χ3v) is 4.51. The number of carbonyl (C=O) groups excluding carboxylic acids is 2. The summed E-state index contributed by atoms with van der Waals surface area (Å²) >= 11 is 1.12. The highest BCUT2D eigenvalue weighted by Gasteiger charge is 2.30. The minimum absolute atomic E-state index is 0.300. The quantitative estimate of drug-likeness (QED) is 0.442. The Hall–Kier alpha value is -1.50. The van der Waals surface area contributed by atoms with Gasteiger partial charge in [0, 0.05) is 18.1 Å². The molecule has 1 rings (SSSR count). The molecule has 0 spiro atoms. The Bertz CT molecular complexity index is 463. The van der Waals surface area contributed by atoms with E-state index in [2.05, 4.69) is 35.8 Å². The molecule has 1 amide bonds. The van der Waals surface area contributed by atoms with E-state index in [4.69, 9.17) is 0 Å². The van der Waals surface area contributed by atoms with Gasteiger partial charge in [0.2, 0.25) is 5.91 Å². The first kappa shape index (κ1) is 19.5. The van der Waals surface area contributed by atoms with E-state index in [1.165, 1.54) is 6.42 Å². The summed E-state index contributed by atoms with van der Waals surface area (Å²) in [6.45, 7) is 4.32. The van der Waals surface area contributed by atoms with Crippen molar-refractivity contribution in [2.75, 3.05) is 0 Å². The number of carbonyl (C=O) groups is 2. The van der Waals surface area contributed by atoms with E-state index in [0.717, 1.165) is 56.0 Å². The molecule has 0 bridgehead atoms. The Morgan fingerprint density at radius 1 is 1.35 bits per heavy atom.